The summed E-state index contributed by atoms with van der Waals surface area (Å²) in [6.45, 7) is 4.24. The molecule has 2 N–H and O–H groups in total. The molecule has 0 fully saturated rings. The van der Waals surface area contributed by atoms with Crippen LogP contribution in [0.2, 0.25) is 0 Å². The zero-order chi connectivity index (χ0) is 21.1. The highest BCUT2D eigenvalue weighted by Crippen LogP contribution is 2.22. The van der Waals surface area contributed by atoms with Crippen LogP contribution >= 0.6 is 11.3 Å². The predicted octanol–water partition coefficient (Wildman–Crippen LogP) is 4.74. The Hall–Kier alpha value is -2.97. The molecule has 0 spiro atoms. The number of imidazole rings is 1. The standard InChI is InChI=1S/C22H22N4O2S2/c1-15-3-4-16(2)18(13-15)5-8-19-14-24-21(25-19)17-6-9-20(10-7-17)30(27,28)26-22-23-11-12-29-22/h3-4,6-7,9-14H,5,8H2,1-2H3,(H,23,26)(H,24,25). The van der Waals surface area contributed by atoms with Gasteiger partial charge in [-0.3, -0.25) is 4.72 Å². The van der Waals surface area contributed by atoms with Crippen LogP contribution in [-0.2, 0) is 22.9 Å². The van der Waals surface area contributed by atoms with Gasteiger partial charge in [0, 0.05) is 29.0 Å². The number of rotatable bonds is 7. The van der Waals surface area contributed by atoms with Crippen LogP contribution in [0.1, 0.15) is 22.4 Å². The number of anilines is 1. The van der Waals surface area contributed by atoms with Gasteiger partial charge in [0.15, 0.2) is 5.13 Å². The molecule has 4 rings (SSSR count). The highest BCUT2D eigenvalue weighted by Gasteiger charge is 2.16. The number of hydrogen-bond acceptors (Lipinski definition) is 5. The van der Waals surface area contributed by atoms with Gasteiger partial charge in [-0.2, -0.15) is 0 Å². The maximum atomic E-state index is 12.5. The van der Waals surface area contributed by atoms with E-state index in [4.69, 9.17) is 0 Å². The molecular weight excluding hydrogens is 416 g/mol. The number of thiazole rings is 1. The van der Waals surface area contributed by atoms with Gasteiger partial charge in [-0.1, -0.05) is 23.8 Å². The van der Waals surface area contributed by atoms with Crippen molar-refractivity contribution in [2.75, 3.05) is 4.72 Å². The molecule has 154 valence electrons. The monoisotopic (exact) mass is 438 g/mol. The minimum absolute atomic E-state index is 0.183. The summed E-state index contributed by atoms with van der Waals surface area (Å²) in [5, 5.41) is 2.06. The molecule has 30 heavy (non-hydrogen) atoms. The van der Waals surface area contributed by atoms with E-state index in [1.165, 1.54) is 28.0 Å². The molecule has 0 unspecified atom stereocenters. The molecule has 0 aliphatic heterocycles. The van der Waals surface area contributed by atoms with E-state index in [0.29, 0.717) is 5.13 Å². The average molecular weight is 439 g/mol. The SMILES string of the molecule is Cc1ccc(C)c(CCc2cnc(-c3ccc(S(=O)(=O)Nc4nccs4)cc3)[nH]2)c1. The van der Waals surface area contributed by atoms with E-state index in [1.807, 2.05) is 6.20 Å². The number of aromatic amines is 1. The van der Waals surface area contributed by atoms with Crippen molar-refractivity contribution in [3.05, 3.63) is 82.6 Å². The molecule has 4 aromatic rings. The topological polar surface area (TPSA) is 87.7 Å². The van der Waals surface area contributed by atoms with Crippen molar-refractivity contribution in [2.24, 2.45) is 0 Å². The van der Waals surface area contributed by atoms with Gasteiger partial charge < -0.3 is 4.98 Å². The van der Waals surface area contributed by atoms with E-state index < -0.39 is 10.0 Å². The normalized spacial score (nSPS) is 11.5. The third kappa shape index (κ3) is 4.60. The zero-order valence-corrected chi connectivity index (χ0v) is 18.3. The van der Waals surface area contributed by atoms with Crippen molar-refractivity contribution in [1.29, 1.82) is 0 Å². The molecule has 0 aliphatic rings. The molecule has 0 bridgehead atoms. The van der Waals surface area contributed by atoms with Crippen LogP contribution in [0.15, 0.2) is 65.1 Å². The lowest BCUT2D eigenvalue weighted by Gasteiger charge is -2.06. The molecule has 2 heterocycles. The van der Waals surface area contributed by atoms with E-state index in [2.05, 4.69) is 51.7 Å². The van der Waals surface area contributed by atoms with E-state index in [9.17, 15) is 8.42 Å². The number of hydrogen-bond donors (Lipinski definition) is 2. The van der Waals surface area contributed by atoms with Crippen LogP contribution in [0.4, 0.5) is 5.13 Å². The van der Waals surface area contributed by atoms with Crippen molar-refractivity contribution < 1.29 is 8.42 Å². The summed E-state index contributed by atoms with van der Waals surface area (Å²) in [5.41, 5.74) is 5.78. The molecule has 8 heteroatoms. The molecule has 0 atom stereocenters. The van der Waals surface area contributed by atoms with E-state index >= 15 is 0 Å². The van der Waals surface area contributed by atoms with Crippen molar-refractivity contribution >= 4 is 26.5 Å². The summed E-state index contributed by atoms with van der Waals surface area (Å²) in [5.74, 6) is 0.725. The van der Waals surface area contributed by atoms with Gasteiger partial charge >= 0.3 is 0 Å². The Labute approximate surface area is 180 Å². The maximum Gasteiger partial charge on any atom is 0.263 e. The summed E-state index contributed by atoms with van der Waals surface area (Å²) in [7, 11) is -3.66. The van der Waals surface area contributed by atoms with Crippen LogP contribution in [0.5, 0.6) is 0 Å². The van der Waals surface area contributed by atoms with Crippen LogP contribution in [0, 0.1) is 13.8 Å². The second-order valence-electron chi connectivity index (χ2n) is 7.15. The van der Waals surface area contributed by atoms with Crippen LogP contribution in [0.3, 0.4) is 0 Å². The smallest absolute Gasteiger partial charge is 0.263 e. The summed E-state index contributed by atoms with van der Waals surface area (Å²) >= 11 is 1.24. The molecular formula is C22H22N4O2S2. The maximum absolute atomic E-state index is 12.5. The highest BCUT2D eigenvalue weighted by molar-refractivity contribution is 7.93. The lowest BCUT2D eigenvalue weighted by atomic mass is 10.0. The van der Waals surface area contributed by atoms with Gasteiger partial charge in [0.25, 0.3) is 10.0 Å². The van der Waals surface area contributed by atoms with Crippen LogP contribution < -0.4 is 4.72 Å². The molecule has 2 aromatic carbocycles. The van der Waals surface area contributed by atoms with E-state index in [0.717, 1.165) is 29.9 Å². The zero-order valence-electron chi connectivity index (χ0n) is 16.7. The fourth-order valence-electron chi connectivity index (χ4n) is 3.21. The van der Waals surface area contributed by atoms with Gasteiger partial charge in [0.05, 0.1) is 4.90 Å². The number of benzene rings is 2. The molecule has 0 aliphatic carbocycles. The minimum Gasteiger partial charge on any atom is -0.342 e. The van der Waals surface area contributed by atoms with Crippen LogP contribution in [0.25, 0.3) is 11.4 Å². The largest absolute Gasteiger partial charge is 0.342 e. The van der Waals surface area contributed by atoms with Gasteiger partial charge in [0.1, 0.15) is 5.82 Å². The van der Waals surface area contributed by atoms with E-state index in [1.54, 1.807) is 35.8 Å². The Balaban J connectivity index is 1.45. The quantitative estimate of drug-likeness (QED) is 0.436. The Morgan fingerprint density at radius 2 is 1.83 bits per heavy atom. The summed E-state index contributed by atoms with van der Waals surface area (Å²) in [6, 6.07) is 13.2. The summed E-state index contributed by atoms with van der Waals surface area (Å²) < 4.78 is 27.4. The summed E-state index contributed by atoms with van der Waals surface area (Å²) in [6.07, 6.45) is 5.20. The molecule has 0 saturated carbocycles. The number of sulfonamides is 1. The fraction of sp³-hybridized carbons (Fsp3) is 0.182. The molecule has 2 aromatic heterocycles. The first-order chi connectivity index (χ1) is 14.4. The first-order valence-electron chi connectivity index (χ1n) is 9.53. The minimum atomic E-state index is -3.66. The molecule has 0 saturated heterocycles. The molecule has 0 radical (unpaired) electrons. The highest BCUT2D eigenvalue weighted by atomic mass is 32.2. The first kappa shape index (κ1) is 20.3. The lowest BCUT2D eigenvalue weighted by Crippen LogP contribution is -2.12. The third-order valence-electron chi connectivity index (χ3n) is 4.89. The average Bonchev–Trinajstić information content (AvgIpc) is 3.40. The summed E-state index contributed by atoms with van der Waals surface area (Å²) in [4.78, 5) is 11.9. The Bertz CT molecular complexity index is 1240. The Morgan fingerprint density at radius 1 is 1.03 bits per heavy atom. The fourth-order valence-corrected chi connectivity index (χ4v) is 5.00. The number of nitrogens with one attached hydrogen (secondary N) is 2. The third-order valence-corrected chi connectivity index (χ3v) is 7.06. The van der Waals surface area contributed by atoms with Gasteiger partial charge in [-0.25, -0.2) is 18.4 Å². The Kier molecular flexibility index (Phi) is 5.69. The van der Waals surface area contributed by atoms with Crippen molar-refractivity contribution in [3.8, 4) is 11.4 Å². The molecule has 0 amide bonds. The first-order valence-corrected chi connectivity index (χ1v) is 11.9. The van der Waals surface area contributed by atoms with Crippen molar-refractivity contribution in [3.63, 3.8) is 0 Å². The number of nitrogens with zero attached hydrogens (tertiary/aromatic N) is 2. The lowest BCUT2D eigenvalue weighted by molar-refractivity contribution is 0.601. The van der Waals surface area contributed by atoms with Crippen molar-refractivity contribution in [2.45, 2.75) is 31.6 Å². The predicted molar refractivity (Wildman–Crippen MR) is 120 cm³/mol. The van der Waals surface area contributed by atoms with Crippen LogP contribution in [-0.4, -0.2) is 23.4 Å². The van der Waals surface area contributed by atoms with E-state index in [-0.39, 0.29) is 4.90 Å². The Morgan fingerprint density at radius 3 is 2.57 bits per heavy atom. The van der Waals surface area contributed by atoms with Crippen molar-refractivity contribution in [1.82, 2.24) is 15.0 Å². The van der Waals surface area contributed by atoms with Gasteiger partial charge in [0.2, 0.25) is 0 Å². The number of H-pyrrole nitrogens is 1. The number of aromatic nitrogens is 3. The second-order valence-corrected chi connectivity index (χ2v) is 9.73. The van der Waals surface area contributed by atoms with Gasteiger partial charge in [-0.05, 0) is 62.1 Å². The van der Waals surface area contributed by atoms with Gasteiger partial charge in [-0.15, -0.1) is 11.3 Å². The molecule has 6 nitrogen and oxygen atoms in total. The number of aryl methyl sites for hydroxylation is 4. The second kappa shape index (κ2) is 8.41.